The van der Waals surface area contributed by atoms with E-state index >= 15 is 0 Å². The number of halogens is 3. The molecule has 1 aromatic rings. The van der Waals surface area contributed by atoms with E-state index in [0.717, 1.165) is 12.0 Å². The molecular weight excluding hydrogens is 348 g/mol. The van der Waals surface area contributed by atoms with Crippen molar-refractivity contribution in [3.05, 3.63) is 29.8 Å². The van der Waals surface area contributed by atoms with Gasteiger partial charge in [-0.3, -0.25) is 4.57 Å². The molecule has 0 aromatic heterocycles. The van der Waals surface area contributed by atoms with Crippen LogP contribution >= 0.6 is 7.52 Å². The third kappa shape index (κ3) is 8.58. The lowest BCUT2D eigenvalue weighted by Crippen LogP contribution is -2.21. The molecule has 0 aliphatic rings. The van der Waals surface area contributed by atoms with Crippen LogP contribution in [0.1, 0.15) is 12.5 Å². The fourth-order valence-electron chi connectivity index (χ4n) is 1.37. The zero-order valence-corrected chi connectivity index (χ0v) is 13.7. The third-order valence-corrected chi connectivity index (χ3v) is 3.90. The number of carboxylic acid groups (broad SMARTS) is 1. The Hall–Kier alpha value is -2.01. The van der Waals surface area contributed by atoms with Gasteiger partial charge in [0.05, 0.1) is 6.61 Å². The Morgan fingerprint density at radius 2 is 1.92 bits per heavy atom. The maximum Gasteiger partial charge on any atom is 0.490 e. The normalized spacial score (nSPS) is 13.0. The van der Waals surface area contributed by atoms with Gasteiger partial charge in [0.1, 0.15) is 0 Å². The SMILES string of the molecule is C#CP(=O)(Nc1ccc(CCN)cc1)OCC.O=C(O)C(F)(F)F. The fourth-order valence-corrected chi connectivity index (χ4v) is 2.42. The van der Waals surface area contributed by atoms with Gasteiger partial charge in [-0.05, 0) is 37.6 Å². The Kier molecular flexibility index (Phi) is 9.14. The highest BCUT2D eigenvalue weighted by atomic mass is 31.2. The van der Waals surface area contributed by atoms with Gasteiger partial charge in [0.15, 0.2) is 0 Å². The van der Waals surface area contributed by atoms with E-state index in [-0.39, 0.29) is 0 Å². The van der Waals surface area contributed by atoms with Crippen molar-refractivity contribution in [2.45, 2.75) is 19.5 Å². The van der Waals surface area contributed by atoms with Crippen LogP contribution in [0.2, 0.25) is 0 Å². The minimum Gasteiger partial charge on any atom is -0.475 e. The van der Waals surface area contributed by atoms with Crippen molar-refractivity contribution < 1.29 is 32.2 Å². The van der Waals surface area contributed by atoms with Crippen LogP contribution in [0.5, 0.6) is 0 Å². The van der Waals surface area contributed by atoms with Crippen molar-refractivity contribution in [3.63, 3.8) is 0 Å². The molecule has 0 saturated carbocycles. The molecule has 6 nitrogen and oxygen atoms in total. The number of terminal acetylenes is 1. The number of carboxylic acids is 1. The maximum absolute atomic E-state index is 12.0. The van der Waals surface area contributed by atoms with Crippen molar-refractivity contribution in [1.29, 1.82) is 0 Å². The monoisotopic (exact) mass is 366 g/mol. The van der Waals surface area contributed by atoms with Crippen LogP contribution in [-0.4, -0.2) is 30.4 Å². The molecule has 24 heavy (non-hydrogen) atoms. The van der Waals surface area contributed by atoms with Crippen LogP contribution in [0, 0.1) is 12.1 Å². The van der Waals surface area contributed by atoms with Gasteiger partial charge in [0, 0.05) is 11.3 Å². The average molecular weight is 366 g/mol. The molecule has 0 radical (unpaired) electrons. The minimum absolute atomic E-state index is 0.305. The highest BCUT2D eigenvalue weighted by molar-refractivity contribution is 7.65. The molecule has 10 heteroatoms. The highest BCUT2D eigenvalue weighted by Crippen LogP contribution is 2.45. The molecular formula is C14H18F3N2O4P. The van der Waals surface area contributed by atoms with Crippen LogP contribution in [-0.2, 0) is 20.3 Å². The van der Waals surface area contributed by atoms with E-state index in [2.05, 4.69) is 10.7 Å². The van der Waals surface area contributed by atoms with Gasteiger partial charge >= 0.3 is 19.7 Å². The van der Waals surface area contributed by atoms with Crippen LogP contribution in [0.3, 0.4) is 0 Å². The fraction of sp³-hybridized carbons (Fsp3) is 0.357. The number of nitrogens with two attached hydrogens (primary N) is 1. The summed E-state index contributed by atoms with van der Waals surface area (Å²) in [5.74, 6) is -2.76. The molecule has 0 aliphatic heterocycles. The molecule has 0 bridgehead atoms. The zero-order chi connectivity index (χ0) is 18.8. The van der Waals surface area contributed by atoms with E-state index in [1.165, 1.54) is 0 Å². The van der Waals surface area contributed by atoms with Gasteiger partial charge in [-0.25, -0.2) is 4.79 Å². The van der Waals surface area contributed by atoms with Crippen molar-refractivity contribution in [2.24, 2.45) is 5.73 Å². The third-order valence-electron chi connectivity index (χ3n) is 2.39. The predicted molar refractivity (Wildman–Crippen MR) is 84.6 cm³/mol. The van der Waals surface area contributed by atoms with Gasteiger partial charge in [0.2, 0.25) is 0 Å². The lowest BCUT2D eigenvalue weighted by atomic mass is 10.1. The maximum atomic E-state index is 12.0. The number of rotatable bonds is 6. The summed E-state index contributed by atoms with van der Waals surface area (Å²) in [6.45, 7) is 2.66. The Morgan fingerprint density at radius 1 is 1.42 bits per heavy atom. The first-order valence-electron chi connectivity index (χ1n) is 6.67. The molecule has 0 amide bonds. The van der Waals surface area contributed by atoms with Crippen molar-refractivity contribution in [2.75, 3.05) is 18.2 Å². The van der Waals surface area contributed by atoms with E-state index in [9.17, 15) is 17.7 Å². The molecule has 134 valence electrons. The van der Waals surface area contributed by atoms with Crippen LogP contribution < -0.4 is 10.8 Å². The van der Waals surface area contributed by atoms with Crippen LogP contribution in [0.25, 0.3) is 0 Å². The van der Waals surface area contributed by atoms with E-state index < -0.39 is 19.7 Å². The van der Waals surface area contributed by atoms with Gasteiger partial charge in [-0.1, -0.05) is 12.1 Å². The summed E-state index contributed by atoms with van der Waals surface area (Å²) in [5.41, 5.74) is 9.44. The molecule has 0 heterocycles. The second kappa shape index (κ2) is 9.98. The lowest BCUT2D eigenvalue weighted by Gasteiger charge is -2.14. The number of aliphatic carboxylic acids is 1. The summed E-state index contributed by atoms with van der Waals surface area (Å²) in [4.78, 5) is 8.90. The number of benzene rings is 1. The second-order valence-corrected chi connectivity index (χ2v) is 6.09. The largest absolute Gasteiger partial charge is 0.490 e. The quantitative estimate of drug-likeness (QED) is 0.528. The summed E-state index contributed by atoms with van der Waals surface area (Å²) < 4.78 is 48.8. The standard InChI is InChI=1S/C12H17N2O2P.C2HF3O2/c1-3-16-17(15,4-2)14-12-7-5-11(6-8-12)9-10-13;3-2(4,5)1(6)7/h2,5-8H,3,9-10,13H2,1H3,(H,14,15);(H,6,7). The van der Waals surface area contributed by atoms with Crippen molar-refractivity contribution >= 4 is 19.2 Å². The summed E-state index contributed by atoms with van der Waals surface area (Å²) in [6, 6.07) is 7.46. The van der Waals surface area contributed by atoms with Crippen molar-refractivity contribution in [1.82, 2.24) is 0 Å². The molecule has 0 fully saturated rings. The molecule has 4 N–H and O–H groups in total. The van der Waals surface area contributed by atoms with Gasteiger partial charge in [-0.15, -0.1) is 6.42 Å². The topological polar surface area (TPSA) is 102 Å². The van der Waals surface area contributed by atoms with E-state index in [1.807, 2.05) is 24.3 Å². The summed E-state index contributed by atoms with van der Waals surface area (Å²) in [5, 5.41) is 9.87. The number of carbonyl (C=O) groups is 1. The Bertz CT molecular complexity index is 612. The van der Waals surface area contributed by atoms with E-state index in [1.54, 1.807) is 6.92 Å². The zero-order valence-electron chi connectivity index (χ0n) is 12.8. The number of alkyl halides is 3. The molecule has 1 aromatic carbocycles. The second-order valence-electron chi connectivity index (χ2n) is 4.25. The first-order chi connectivity index (χ1) is 11.1. The molecule has 1 atom stereocenters. The molecule has 0 saturated heterocycles. The van der Waals surface area contributed by atoms with Gasteiger partial charge in [-0.2, -0.15) is 13.2 Å². The number of hydrogen-bond acceptors (Lipinski definition) is 4. The number of hydrogen-bond donors (Lipinski definition) is 3. The summed E-state index contributed by atoms with van der Waals surface area (Å²) in [6.07, 6.45) is 0.936. The number of nitrogens with one attached hydrogen (secondary N) is 1. The van der Waals surface area contributed by atoms with Crippen molar-refractivity contribution in [3.8, 4) is 12.1 Å². The first kappa shape index (κ1) is 22.0. The molecule has 1 unspecified atom stereocenters. The molecule has 1 rings (SSSR count). The van der Waals surface area contributed by atoms with Gasteiger partial charge in [0.25, 0.3) is 0 Å². The predicted octanol–water partition coefficient (Wildman–Crippen LogP) is 3.05. The molecule has 0 aliphatic carbocycles. The average Bonchev–Trinajstić information content (AvgIpc) is 2.49. The minimum atomic E-state index is -5.08. The summed E-state index contributed by atoms with van der Waals surface area (Å²) >= 11 is 0. The van der Waals surface area contributed by atoms with Crippen LogP contribution in [0.15, 0.2) is 24.3 Å². The Labute approximate surface area is 137 Å². The smallest absolute Gasteiger partial charge is 0.475 e. The first-order valence-corrected chi connectivity index (χ1v) is 8.30. The van der Waals surface area contributed by atoms with E-state index in [4.69, 9.17) is 26.6 Å². The Balaban J connectivity index is 0.000000640. The van der Waals surface area contributed by atoms with Gasteiger partial charge < -0.3 is 20.5 Å². The lowest BCUT2D eigenvalue weighted by molar-refractivity contribution is -0.192. The molecule has 0 spiro atoms. The van der Waals surface area contributed by atoms with E-state index in [0.29, 0.717) is 18.8 Å². The number of anilines is 1. The highest BCUT2D eigenvalue weighted by Gasteiger charge is 2.38. The Morgan fingerprint density at radius 3 is 2.25 bits per heavy atom. The van der Waals surface area contributed by atoms with Crippen LogP contribution in [0.4, 0.5) is 18.9 Å². The summed E-state index contributed by atoms with van der Waals surface area (Å²) in [7, 11) is -3.20.